The van der Waals surface area contributed by atoms with Gasteiger partial charge in [-0.15, -0.1) is 0 Å². The summed E-state index contributed by atoms with van der Waals surface area (Å²) in [5.74, 6) is -0.930. The minimum atomic E-state index is -4.04. The Morgan fingerprint density at radius 1 is 0.645 bits per heavy atom. The Morgan fingerprint density at radius 3 is 1.29 bits per heavy atom. The predicted molar refractivity (Wildman–Crippen MR) is 127 cm³/mol. The van der Waals surface area contributed by atoms with Crippen molar-refractivity contribution in [2.24, 2.45) is 0 Å². The van der Waals surface area contributed by atoms with Crippen molar-refractivity contribution in [3.05, 3.63) is 0 Å². The van der Waals surface area contributed by atoms with Crippen LogP contribution in [-0.4, -0.2) is 53.6 Å². The third-order valence-corrected chi connectivity index (χ3v) is 15.1. The average Bonchev–Trinajstić information content (AvgIpc) is 2.66. The normalized spacial score (nSPS) is 13.6. The van der Waals surface area contributed by atoms with E-state index in [4.69, 9.17) is 6.15 Å². The Hall–Kier alpha value is -0.341. The second kappa shape index (κ2) is 19.2. The second-order valence-electron chi connectivity index (χ2n) is 9.00. The number of hydrogen-bond acceptors (Lipinski definition) is 6. The van der Waals surface area contributed by atoms with Gasteiger partial charge in [0.15, 0.2) is 0 Å². The van der Waals surface area contributed by atoms with E-state index < -0.39 is 43.4 Å². The Morgan fingerprint density at radius 2 is 0.968 bits per heavy atom. The third kappa shape index (κ3) is 17.8. The topological polar surface area (TPSA) is 93.1 Å². The van der Waals surface area contributed by atoms with Crippen LogP contribution >= 0.6 is 0 Å². The summed E-state index contributed by atoms with van der Waals surface area (Å²) < 4.78 is 13.2. The van der Waals surface area contributed by atoms with E-state index in [2.05, 4.69) is 13.8 Å². The van der Waals surface area contributed by atoms with Gasteiger partial charge in [0.2, 0.25) is 0 Å². The Labute approximate surface area is 195 Å². The molecule has 6 nitrogen and oxygen atoms in total. The van der Waals surface area contributed by atoms with E-state index in [0.29, 0.717) is 8.87 Å². The number of aliphatic hydroxyl groups is 2. The predicted octanol–water partition coefficient (Wildman–Crippen LogP) is 5.78. The van der Waals surface area contributed by atoms with E-state index >= 15 is 0 Å². The van der Waals surface area contributed by atoms with Crippen LogP contribution in [0.15, 0.2) is 0 Å². The Balaban J connectivity index is 5.17. The van der Waals surface area contributed by atoms with Crippen LogP contribution in [0, 0.1) is 0 Å². The van der Waals surface area contributed by atoms with Gasteiger partial charge in [-0.2, -0.15) is 0 Å². The molecule has 0 saturated carbocycles. The molecule has 0 bridgehead atoms. The van der Waals surface area contributed by atoms with Gasteiger partial charge in [0.25, 0.3) is 0 Å². The van der Waals surface area contributed by atoms with Crippen LogP contribution < -0.4 is 0 Å². The van der Waals surface area contributed by atoms with Crippen molar-refractivity contribution in [3.8, 4) is 0 Å². The zero-order chi connectivity index (χ0) is 23.5. The first-order chi connectivity index (χ1) is 14.7. The molecule has 0 aromatic carbocycles. The molecule has 0 rings (SSSR count). The fourth-order valence-corrected chi connectivity index (χ4v) is 13.0. The van der Waals surface area contributed by atoms with Gasteiger partial charge in [-0.25, -0.2) is 0 Å². The zero-order valence-electron chi connectivity index (χ0n) is 20.5. The zero-order valence-corrected chi connectivity index (χ0v) is 23.3. The van der Waals surface area contributed by atoms with E-state index in [1.165, 1.54) is 38.5 Å². The monoisotopic (exact) mass is 552 g/mol. The molecule has 31 heavy (non-hydrogen) atoms. The van der Waals surface area contributed by atoms with Crippen molar-refractivity contribution in [1.29, 1.82) is 0 Å². The average molecular weight is 551 g/mol. The van der Waals surface area contributed by atoms with Crippen LogP contribution in [-0.2, 0) is 15.7 Å². The quantitative estimate of drug-likeness (QED) is 0.147. The van der Waals surface area contributed by atoms with Gasteiger partial charge >= 0.3 is 196 Å². The van der Waals surface area contributed by atoms with Crippen LogP contribution in [0.2, 0.25) is 8.87 Å². The van der Waals surface area contributed by atoms with Gasteiger partial charge in [0.1, 0.15) is 0 Å². The molecule has 0 amide bonds. The first kappa shape index (κ1) is 30.7. The molecule has 0 aromatic heterocycles. The van der Waals surface area contributed by atoms with E-state index in [1.54, 1.807) is 13.8 Å². The molecule has 0 heterocycles. The van der Waals surface area contributed by atoms with Crippen molar-refractivity contribution in [1.82, 2.24) is 0 Å². The third-order valence-electron chi connectivity index (χ3n) is 5.35. The number of unbranched alkanes of at least 4 members (excludes halogenated alkanes) is 10. The number of hydrogen-bond donors (Lipinski definition) is 2. The summed E-state index contributed by atoms with van der Waals surface area (Å²) in [6.07, 6.45) is 11.6. The maximum absolute atomic E-state index is 12.5. The molecule has 0 aliphatic rings. The summed E-state index contributed by atoms with van der Waals surface area (Å²) in [6.45, 7) is 7.48. The summed E-state index contributed by atoms with van der Waals surface area (Å²) in [4.78, 5) is 24.9. The molecule has 0 aromatic rings. The molecule has 0 radical (unpaired) electrons. The number of carbonyl (C=O) groups excluding carboxylic acids is 2. The van der Waals surface area contributed by atoms with Crippen LogP contribution in [0.3, 0.4) is 0 Å². The molecular formula is C24H48O6Sn. The number of carbonyl (C=O) groups is 2. The molecule has 0 aliphatic carbocycles. The van der Waals surface area contributed by atoms with E-state index in [0.717, 1.165) is 38.5 Å². The van der Waals surface area contributed by atoms with Crippen molar-refractivity contribution in [3.63, 3.8) is 0 Å². The van der Waals surface area contributed by atoms with Gasteiger partial charge in [0, 0.05) is 0 Å². The van der Waals surface area contributed by atoms with Gasteiger partial charge in [-0.1, -0.05) is 0 Å². The molecule has 2 atom stereocenters. The summed E-state index contributed by atoms with van der Waals surface area (Å²) in [5, 5.41) is 19.2. The first-order valence-corrected chi connectivity index (χ1v) is 18.9. The van der Waals surface area contributed by atoms with Crippen LogP contribution in [0.4, 0.5) is 0 Å². The van der Waals surface area contributed by atoms with Crippen molar-refractivity contribution in [2.45, 2.75) is 139 Å². The maximum atomic E-state index is 12.5. The van der Waals surface area contributed by atoms with Gasteiger partial charge in [-0.05, 0) is 0 Å². The van der Waals surface area contributed by atoms with Gasteiger partial charge in [-0.3, -0.25) is 0 Å². The molecule has 184 valence electrons. The molecule has 7 heteroatoms. The van der Waals surface area contributed by atoms with Gasteiger partial charge in [0.05, 0.1) is 0 Å². The van der Waals surface area contributed by atoms with E-state index in [-0.39, 0.29) is 12.8 Å². The molecule has 0 aliphatic heterocycles. The fraction of sp³-hybridized carbons (Fsp3) is 0.917. The fourth-order valence-electron chi connectivity index (χ4n) is 3.68. The first-order valence-electron chi connectivity index (χ1n) is 12.5. The summed E-state index contributed by atoms with van der Waals surface area (Å²) >= 11 is -4.04. The second-order valence-corrected chi connectivity index (χ2v) is 18.2. The SMILES string of the molecule is CCCCCCC[CH2][Sn]([CH2]CCCCCCC)([O]C(=O)CC(C)O)[O]C(=O)CC(C)O. The standard InChI is InChI=1S/2C8H17.2C4H8O3.Sn/c2*1-3-5-7-8-6-4-2;2*1-3(5)2-4(6)7;/h2*1,3-8H2,2H3;2*3,5H,2H2,1H3,(H,6,7);/q;;;;+2/p-2. The van der Waals surface area contributed by atoms with Crippen molar-refractivity contribution >= 4 is 31.1 Å². The molecular weight excluding hydrogens is 503 g/mol. The van der Waals surface area contributed by atoms with Crippen molar-refractivity contribution in [2.75, 3.05) is 0 Å². The summed E-state index contributed by atoms with van der Waals surface area (Å²) in [6, 6.07) is 0. The number of rotatable bonds is 20. The van der Waals surface area contributed by atoms with Crippen LogP contribution in [0.1, 0.15) is 118 Å². The molecule has 2 N–H and O–H groups in total. The van der Waals surface area contributed by atoms with E-state index in [1.807, 2.05) is 0 Å². The molecule has 2 unspecified atom stereocenters. The summed E-state index contributed by atoms with van der Waals surface area (Å²) in [7, 11) is 0. The molecule has 0 fully saturated rings. The Kier molecular flexibility index (Phi) is 18.9. The minimum absolute atomic E-state index is 0.0837. The molecule has 0 saturated heterocycles. The van der Waals surface area contributed by atoms with Crippen molar-refractivity contribution < 1.29 is 26.0 Å². The van der Waals surface area contributed by atoms with Crippen LogP contribution in [0.25, 0.3) is 0 Å². The summed E-state index contributed by atoms with van der Waals surface area (Å²) in [5.41, 5.74) is 0. The number of aliphatic hydroxyl groups excluding tert-OH is 2. The van der Waals surface area contributed by atoms with Gasteiger partial charge < -0.3 is 0 Å². The molecule has 0 spiro atoms. The van der Waals surface area contributed by atoms with Crippen LogP contribution in [0.5, 0.6) is 0 Å². The van der Waals surface area contributed by atoms with E-state index in [9.17, 15) is 19.8 Å². The Bertz CT molecular complexity index is 425.